The second kappa shape index (κ2) is 9.10. The van der Waals surface area contributed by atoms with E-state index in [4.69, 9.17) is 15.9 Å². The quantitative estimate of drug-likeness (QED) is 0.399. The second-order valence-electron chi connectivity index (χ2n) is 6.14. The van der Waals surface area contributed by atoms with Crippen LogP contribution < -0.4 is 5.73 Å². The van der Waals surface area contributed by atoms with Crippen molar-refractivity contribution in [3.63, 3.8) is 0 Å². The van der Waals surface area contributed by atoms with Gasteiger partial charge in [-0.25, -0.2) is 4.99 Å². The van der Waals surface area contributed by atoms with Gasteiger partial charge in [-0.05, 0) is 32.1 Å². The van der Waals surface area contributed by atoms with E-state index in [0.717, 1.165) is 38.5 Å². The van der Waals surface area contributed by atoms with Crippen LogP contribution in [-0.2, 0) is 4.79 Å². The van der Waals surface area contributed by atoms with Crippen LogP contribution in [0.1, 0.15) is 71.6 Å². The molecule has 128 valence electrons. The Hall–Kier alpha value is -1.14. The fraction of sp³-hybridized carbons (Fsp3) is 0.875. The highest BCUT2D eigenvalue weighted by Gasteiger charge is 2.46. The summed E-state index contributed by atoms with van der Waals surface area (Å²) in [6, 6.07) is 0. The minimum absolute atomic E-state index is 0.0245. The Labute approximate surface area is 133 Å². The number of rotatable bonds is 11. The lowest BCUT2D eigenvalue weighted by atomic mass is 9.87. The summed E-state index contributed by atoms with van der Waals surface area (Å²) in [5.41, 5.74) is 5.33. The van der Waals surface area contributed by atoms with E-state index in [9.17, 15) is 4.79 Å². The highest BCUT2D eigenvalue weighted by atomic mass is 16.5. The number of carbonyl (C=O) groups is 1. The van der Waals surface area contributed by atoms with Crippen molar-refractivity contribution in [2.24, 2.45) is 10.7 Å². The zero-order chi connectivity index (χ0) is 16.6. The van der Waals surface area contributed by atoms with Crippen molar-refractivity contribution in [3.05, 3.63) is 0 Å². The first kappa shape index (κ1) is 18.9. The van der Waals surface area contributed by atoms with Crippen molar-refractivity contribution in [1.29, 1.82) is 0 Å². The number of hydrogen-bond donors (Lipinski definition) is 3. The fourth-order valence-electron chi connectivity index (χ4n) is 2.88. The maximum Gasteiger partial charge on any atom is 0.257 e. The van der Waals surface area contributed by atoms with Crippen LogP contribution in [0.3, 0.4) is 0 Å². The van der Waals surface area contributed by atoms with Crippen molar-refractivity contribution in [3.8, 4) is 0 Å². The molecular formula is C16H31N3O3. The van der Waals surface area contributed by atoms with E-state index in [1.807, 2.05) is 0 Å². The van der Waals surface area contributed by atoms with Crippen LogP contribution in [0.15, 0.2) is 4.99 Å². The Balaban J connectivity index is 2.66. The third-order valence-corrected chi connectivity index (χ3v) is 4.23. The van der Waals surface area contributed by atoms with E-state index in [1.165, 1.54) is 0 Å². The van der Waals surface area contributed by atoms with Gasteiger partial charge < -0.3 is 15.9 Å². The number of guanidine groups is 1. The molecule has 6 nitrogen and oxygen atoms in total. The van der Waals surface area contributed by atoms with Crippen molar-refractivity contribution >= 4 is 11.9 Å². The molecule has 0 aliphatic carbocycles. The standard InChI is InChI=1S/C16H31N3O3/c1-3-5-10-16(11-6-4-2)14(22)19(15(17)18-16)12-8-7-9-13(20)21/h13,20-21H,3-12H2,1-2H3,(H2,17,18). The second-order valence-corrected chi connectivity index (χ2v) is 6.14. The summed E-state index contributed by atoms with van der Waals surface area (Å²) in [6.07, 6.45) is 5.89. The summed E-state index contributed by atoms with van der Waals surface area (Å²) in [6.45, 7) is 4.72. The molecule has 1 heterocycles. The number of hydrogen-bond acceptors (Lipinski definition) is 5. The van der Waals surface area contributed by atoms with E-state index in [-0.39, 0.29) is 5.91 Å². The zero-order valence-electron chi connectivity index (χ0n) is 13.9. The zero-order valence-corrected chi connectivity index (χ0v) is 13.9. The van der Waals surface area contributed by atoms with E-state index < -0.39 is 11.8 Å². The Bertz CT molecular complexity index is 375. The van der Waals surface area contributed by atoms with Gasteiger partial charge in [0.2, 0.25) is 0 Å². The molecule has 0 fully saturated rings. The van der Waals surface area contributed by atoms with Gasteiger partial charge in [-0.2, -0.15) is 0 Å². The molecule has 0 atom stereocenters. The maximum atomic E-state index is 12.8. The van der Waals surface area contributed by atoms with Crippen LogP contribution in [0.5, 0.6) is 0 Å². The molecule has 0 aromatic carbocycles. The summed E-state index contributed by atoms with van der Waals surface area (Å²) in [5, 5.41) is 17.7. The molecule has 1 rings (SSSR count). The summed E-state index contributed by atoms with van der Waals surface area (Å²) in [4.78, 5) is 18.9. The van der Waals surface area contributed by atoms with E-state index in [1.54, 1.807) is 4.90 Å². The van der Waals surface area contributed by atoms with Gasteiger partial charge in [0, 0.05) is 6.54 Å². The highest BCUT2D eigenvalue weighted by Crippen LogP contribution is 2.33. The largest absolute Gasteiger partial charge is 0.369 e. The normalized spacial score (nSPS) is 17.4. The van der Waals surface area contributed by atoms with Crippen molar-refractivity contribution in [1.82, 2.24) is 4.90 Å². The number of nitrogens with two attached hydrogens (primary N) is 1. The molecule has 0 saturated heterocycles. The summed E-state index contributed by atoms with van der Waals surface area (Å²) in [5.74, 6) is 0.346. The van der Waals surface area contributed by atoms with Gasteiger partial charge in [0.25, 0.3) is 5.91 Å². The van der Waals surface area contributed by atoms with E-state index >= 15 is 0 Å². The Morgan fingerprint density at radius 3 is 2.23 bits per heavy atom. The predicted molar refractivity (Wildman–Crippen MR) is 87.2 cm³/mol. The van der Waals surface area contributed by atoms with Crippen molar-refractivity contribution < 1.29 is 15.0 Å². The van der Waals surface area contributed by atoms with Gasteiger partial charge in [0.1, 0.15) is 5.54 Å². The first-order chi connectivity index (χ1) is 10.5. The van der Waals surface area contributed by atoms with Gasteiger partial charge >= 0.3 is 0 Å². The predicted octanol–water partition coefficient (Wildman–Crippen LogP) is 1.74. The molecule has 0 spiro atoms. The molecule has 4 N–H and O–H groups in total. The SMILES string of the molecule is CCCCC1(CCCC)N=C(N)N(CCCCC(O)O)C1=O. The van der Waals surface area contributed by atoms with E-state index in [2.05, 4.69) is 18.8 Å². The number of unbranched alkanes of at least 4 members (excludes halogenated alkanes) is 3. The van der Waals surface area contributed by atoms with Gasteiger partial charge in [0.15, 0.2) is 12.2 Å². The molecule has 22 heavy (non-hydrogen) atoms. The van der Waals surface area contributed by atoms with Crippen LogP contribution >= 0.6 is 0 Å². The number of amides is 1. The lowest BCUT2D eigenvalue weighted by molar-refractivity contribution is -0.131. The van der Waals surface area contributed by atoms with Gasteiger partial charge in [-0.1, -0.05) is 39.5 Å². The molecule has 1 aliphatic heterocycles. The van der Waals surface area contributed by atoms with Gasteiger partial charge in [-0.3, -0.25) is 9.69 Å². The lowest BCUT2D eigenvalue weighted by Crippen LogP contribution is -2.44. The number of nitrogens with zero attached hydrogens (tertiary/aromatic N) is 2. The molecule has 1 aliphatic rings. The average Bonchev–Trinajstić information content (AvgIpc) is 2.71. The molecule has 1 amide bonds. The smallest absolute Gasteiger partial charge is 0.257 e. The third kappa shape index (κ3) is 4.95. The lowest BCUT2D eigenvalue weighted by Gasteiger charge is -2.26. The Kier molecular flexibility index (Phi) is 7.82. The van der Waals surface area contributed by atoms with Crippen molar-refractivity contribution in [2.45, 2.75) is 83.5 Å². The number of carbonyl (C=O) groups excluding carboxylic acids is 1. The van der Waals surface area contributed by atoms with Crippen LogP contribution in [0.2, 0.25) is 0 Å². The number of aliphatic hydroxyl groups is 2. The van der Waals surface area contributed by atoms with Crippen LogP contribution in [0, 0.1) is 0 Å². The maximum absolute atomic E-state index is 12.8. The van der Waals surface area contributed by atoms with Gasteiger partial charge in [0.05, 0.1) is 0 Å². The topological polar surface area (TPSA) is 99.2 Å². The monoisotopic (exact) mass is 313 g/mol. The van der Waals surface area contributed by atoms with Crippen LogP contribution in [0.25, 0.3) is 0 Å². The minimum atomic E-state index is -1.28. The summed E-state index contributed by atoms with van der Waals surface area (Å²) < 4.78 is 0. The van der Waals surface area contributed by atoms with Gasteiger partial charge in [-0.15, -0.1) is 0 Å². The minimum Gasteiger partial charge on any atom is -0.369 e. The molecule has 0 aromatic heterocycles. The molecule has 0 radical (unpaired) electrons. The molecule has 6 heteroatoms. The molecule has 0 unspecified atom stereocenters. The fourth-order valence-corrected chi connectivity index (χ4v) is 2.88. The van der Waals surface area contributed by atoms with E-state index in [0.29, 0.717) is 31.8 Å². The average molecular weight is 313 g/mol. The molecule has 0 bridgehead atoms. The molecule has 0 aromatic rings. The third-order valence-electron chi connectivity index (χ3n) is 4.23. The summed E-state index contributed by atoms with van der Waals surface area (Å²) >= 11 is 0. The number of aliphatic hydroxyl groups excluding tert-OH is 1. The first-order valence-electron chi connectivity index (χ1n) is 8.50. The van der Waals surface area contributed by atoms with Crippen molar-refractivity contribution in [2.75, 3.05) is 6.54 Å². The Morgan fingerprint density at radius 2 is 1.73 bits per heavy atom. The highest BCUT2D eigenvalue weighted by molar-refractivity contribution is 6.06. The molecule has 0 saturated carbocycles. The number of aliphatic imine (C=N–C) groups is 1. The van der Waals surface area contributed by atoms with Crippen LogP contribution in [0.4, 0.5) is 0 Å². The first-order valence-corrected chi connectivity index (χ1v) is 8.50. The Morgan fingerprint density at radius 1 is 1.14 bits per heavy atom. The van der Waals surface area contributed by atoms with Crippen LogP contribution in [-0.4, -0.2) is 45.4 Å². The molecular weight excluding hydrogens is 282 g/mol. The summed E-state index contributed by atoms with van der Waals surface area (Å²) in [7, 11) is 0.